The lowest BCUT2D eigenvalue weighted by Crippen LogP contribution is -2.56. The number of hydrogen-bond donors (Lipinski definition) is 0. The van der Waals surface area contributed by atoms with Crippen molar-refractivity contribution in [2.45, 2.75) is 11.0 Å². The molecule has 10 heteroatoms. The van der Waals surface area contributed by atoms with Gasteiger partial charge in [-0.25, -0.2) is 18.2 Å². The molecule has 0 atom stereocenters. The Morgan fingerprint density at radius 1 is 1.44 bits per heavy atom. The summed E-state index contributed by atoms with van der Waals surface area (Å²) in [7, 11) is -2.61. The first-order chi connectivity index (χ1) is 12.0. The van der Waals surface area contributed by atoms with Gasteiger partial charge in [-0.2, -0.15) is 9.57 Å². The van der Waals surface area contributed by atoms with Gasteiger partial charge in [-0.1, -0.05) is 0 Å². The molecule has 0 amide bonds. The minimum atomic E-state index is -3.81. The molecule has 3 heterocycles. The predicted octanol–water partition coefficient (Wildman–Crippen LogP) is 1.25. The highest BCUT2D eigenvalue weighted by molar-refractivity contribution is 7.89. The molecule has 1 aliphatic heterocycles. The first-order valence-corrected chi connectivity index (χ1v) is 9.47. The highest BCUT2D eigenvalue weighted by atomic mass is 32.2. The molecule has 0 aromatic carbocycles. The number of nitrogens with zero attached hydrogens (tertiary/aromatic N) is 3. The summed E-state index contributed by atoms with van der Waals surface area (Å²) in [6.45, 7) is 0.223. The molecule has 25 heavy (non-hydrogen) atoms. The molecule has 0 spiro atoms. The number of sulfonamides is 1. The van der Waals surface area contributed by atoms with Gasteiger partial charge in [-0.05, 0) is 23.6 Å². The van der Waals surface area contributed by atoms with E-state index in [9.17, 15) is 13.2 Å². The number of carbonyl (C=O) groups excluding carboxylic acids is 1. The Bertz CT molecular complexity index is 942. The minimum absolute atomic E-state index is 0.0448. The number of esters is 1. The van der Waals surface area contributed by atoms with E-state index >= 15 is 0 Å². The van der Waals surface area contributed by atoms with Gasteiger partial charge >= 0.3 is 5.97 Å². The second-order valence-corrected chi connectivity index (χ2v) is 7.96. The van der Waals surface area contributed by atoms with Crippen molar-refractivity contribution in [1.82, 2.24) is 9.29 Å². The fourth-order valence-electron chi connectivity index (χ4n) is 2.28. The topological polar surface area (TPSA) is 110 Å². The van der Waals surface area contributed by atoms with Gasteiger partial charge in [-0.3, -0.25) is 0 Å². The van der Waals surface area contributed by atoms with Gasteiger partial charge in [0.25, 0.3) is 0 Å². The van der Waals surface area contributed by atoms with Crippen molar-refractivity contribution in [2.75, 3.05) is 20.2 Å². The monoisotopic (exact) mass is 379 g/mol. The summed E-state index contributed by atoms with van der Waals surface area (Å²) in [5.74, 6) is -0.508. The average Bonchev–Trinajstić information content (AvgIpc) is 3.07. The highest BCUT2D eigenvalue weighted by Crippen LogP contribution is 2.30. The van der Waals surface area contributed by atoms with Crippen LogP contribution in [0.3, 0.4) is 0 Å². The Morgan fingerprint density at radius 3 is 2.88 bits per heavy atom. The Morgan fingerprint density at radius 2 is 2.20 bits per heavy atom. The third-order valence-electron chi connectivity index (χ3n) is 3.60. The van der Waals surface area contributed by atoms with E-state index in [4.69, 9.17) is 10.00 Å². The van der Waals surface area contributed by atoms with Gasteiger partial charge in [-0.15, -0.1) is 11.3 Å². The van der Waals surface area contributed by atoms with Crippen LogP contribution in [-0.2, 0) is 14.8 Å². The molecule has 0 N–H and O–H groups in total. The van der Waals surface area contributed by atoms with Crippen molar-refractivity contribution in [1.29, 1.82) is 5.26 Å². The molecule has 1 fully saturated rings. The summed E-state index contributed by atoms with van der Waals surface area (Å²) in [6, 6.07) is 6.54. The lowest BCUT2D eigenvalue weighted by atomic mass is 10.2. The van der Waals surface area contributed by atoms with Crippen LogP contribution >= 0.6 is 11.3 Å². The summed E-state index contributed by atoms with van der Waals surface area (Å²) < 4.78 is 36.7. The van der Waals surface area contributed by atoms with E-state index in [1.165, 1.54) is 29.1 Å². The third-order valence-corrected chi connectivity index (χ3v) is 6.50. The molecule has 2 aromatic rings. The molecule has 0 radical (unpaired) electrons. The number of hydrogen-bond acceptors (Lipinski definition) is 8. The molecule has 0 bridgehead atoms. The first kappa shape index (κ1) is 17.3. The van der Waals surface area contributed by atoms with Crippen molar-refractivity contribution in [3.63, 3.8) is 0 Å². The number of pyridine rings is 1. The first-order valence-electron chi connectivity index (χ1n) is 7.15. The number of carbonyl (C=O) groups is 1. The lowest BCUT2D eigenvalue weighted by molar-refractivity contribution is 0.0600. The fraction of sp³-hybridized carbons (Fsp3) is 0.267. The zero-order valence-corrected chi connectivity index (χ0v) is 14.7. The van der Waals surface area contributed by atoms with Gasteiger partial charge in [0.2, 0.25) is 15.9 Å². The molecule has 8 nitrogen and oxygen atoms in total. The Labute approximate surface area is 148 Å². The maximum Gasteiger partial charge on any atom is 0.349 e. The SMILES string of the molecule is COC(=O)c1sccc1S(=O)(=O)N1CC(Oc2ncccc2C#N)C1. The minimum Gasteiger partial charge on any atom is -0.471 e. The largest absolute Gasteiger partial charge is 0.471 e. The van der Waals surface area contributed by atoms with E-state index in [-0.39, 0.29) is 34.3 Å². The highest BCUT2D eigenvalue weighted by Gasteiger charge is 2.40. The quantitative estimate of drug-likeness (QED) is 0.719. The van der Waals surface area contributed by atoms with E-state index in [1.807, 2.05) is 6.07 Å². The molecule has 0 saturated carbocycles. The molecule has 0 unspecified atom stereocenters. The summed E-state index contributed by atoms with van der Waals surface area (Å²) in [5.41, 5.74) is 0.287. The molecule has 1 aliphatic rings. The van der Waals surface area contributed by atoms with Crippen molar-refractivity contribution in [3.8, 4) is 11.9 Å². The predicted molar refractivity (Wildman–Crippen MR) is 87.8 cm³/mol. The standard InChI is InChI=1S/C15H13N3O5S2/c1-22-15(19)13-12(4-6-24-13)25(20,21)18-8-11(9-18)23-14-10(7-16)3-2-5-17-14/h2-6,11H,8-9H2,1H3. The maximum absolute atomic E-state index is 12.6. The van der Waals surface area contributed by atoms with Crippen LogP contribution in [-0.4, -0.2) is 50.0 Å². The molecule has 2 aromatic heterocycles. The molecular weight excluding hydrogens is 366 g/mol. The number of rotatable bonds is 5. The normalized spacial score (nSPS) is 15.2. The Balaban J connectivity index is 1.71. The Kier molecular flexibility index (Phi) is 4.71. The lowest BCUT2D eigenvalue weighted by Gasteiger charge is -2.37. The van der Waals surface area contributed by atoms with Crippen molar-refractivity contribution < 1.29 is 22.7 Å². The third kappa shape index (κ3) is 3.21. The van der Waals surface area contributed by atoms with Crippen LogP contribution in [0.1, 0.15) is 15.2 Å². The fourth-order valence-corrected chi connectivity index (χ4v) is 5.09. The summed E-state index contributed by atoms with van der Waals surface area (Å²) in [6.07, 6.45) is 1.09. The van der Waals surface area contributed by atoms with Crippen LogP contribution in [0, 0.1) is 11.3 Å². The molecule has 3 rings (SSSR count). The van der Waals surface area contributed by atoms with Crippen LogP contribution < -0.4 is 4.74 Å². The number of thiophene rings is 1. The number of ether oxygens (including phenoxy) is 2. The summed E-state index contributed by atoms with van der Waals surface area (Å²) in [5, 5.41) is 10.5. The maximum atomic E-state index is 12.6. The smallest absolute Gasteiger partial charge is 0.349 e. The second kappa shape index (κ2) is 6.79. The molecule has 0 aliphatic carbocycles. The van der Waals surface area contributed by atoms with Crippen molar-refractivity contribution >= 4 is 27.3 Å². The van der Waals surface area contributed by atoms with Crippen LogP contribution in [0.5, 0.6) is 5.88 Å². The summed E-state index contributed by atoms with van der Waals surface area (Å²) in [4.78, 5) is 15.6. The van der Waals surface area contributed by atoms with Crippen molar-refractivity contribution in [2.24, 2.45) is 0 Å². The van der Waals surface area contributed by atoms with E-state index in [0.29, 0.717) is 0 Å². The van der Waals surface area contributed by atoms with Crippen LogP contribution in [0.25, 0.3) is 0 Å². The molecule has 1 saturated heterocycles. The van der Waals surface area contributed by atoms with Crippen LogP contribution in [0.4, 0.5) is 0 Å². The molecule has 130 valence electrons. The van der Waals surface area contributed by atoms with Crippen LogP contribution in [0.15, 0.2) is 34.7 Å². The zero-order chi connectivity index (χ0) is 18.0. The number of nitriles is 1. The average molecular weight is 379 g/mol. The van der Waals surface area contributed by atoms with Gasteiger partial charge in [0.05, 0.1) is 20.2 Å². The Hall–Kier alpha value is -2.48. The zero-order valence-electron chi connectivity index (χ0n) is 13.1. The van der Waals surface area contributed by atoms with Gasteiger partial charge in [0.1, 0.15) is 27.5 Å². The van der Waals surface area contributed by atoms with Crippen molar-refractivity contribution in [3.05, 3.63) is 40.2 Å². The van der Waals surface area contributed by atoms with E-state index in [0.717, 1.165) is 11.3 Å². The van der Waals surface area contributed by atoms with E-state index < -0.39 is 22.1 Å². The second-order valence-electron chi connectivity index (χ2n) is 5.14. The van der Waals surface area contributed by atoms with Crippen LogP contribution in [0.2, 0.25) is 0 Å². The van der Waals surface area contributed by atoms with Gasteiger partial charge in [0, 0.05) is 6.20 Å². The number of methoxy groups -OCH3 is 1. The van der Waals surface area contributed by atoms with E-state index in [1.54, 1.807) is 12.1 Å². The molecular formula is C15H13N3O5S2. The van der Waals surface area contributed by atoms with E-state index in [2.05, 4.69) is 9.72 Å². The number of aromatic nitrogens is 1. The van der Waals surface area contributed by atoms with Gasteiger partial charge in [0.15, 0.2) is 0 Å². The summed E-state index contributed by atoms with van der Waals surface area (Å²) >= 11 is 1.01. The van der Waals surface area contributed by atoms with Gasteiger partial charge < -0.3 is 9.47 Å².